The van der Waals surface area contributed by atoms with Gasteiger partial charge in [0, 0.05) is 24.2 Å². The van der Waals surface area contributed by atoms with Crippen LogP contribution in [-0.4, -0.2) is 39.6 Å². The number of H-pyrrole nitrogens is 1. The molecule has 0 unspecified atom stereocenters. The first kappa shape index (κ1) is 15.6. The van der Waals surface area contributed by atoms with Crippen LogP contribution in [0.25, 0.3) is 10.9 Å². The Morgan fingerprint density at radius 1 is 1.33 bits per heavy atom. The molecule has 21 heavy (non-hydrogen) atoms. The normalized spacial score (nSPS) is 11.9. The topological polar surface area (TPSA) is 56.3 Å². The molecule has 0 saturated carbocycles. The number of aromatic amines is 1. The summed E-state index contributed by atoms with van der Waals surface area (Å²) in [7, 11) is 0. The Morgan fingerprint density at radius 2 is 2.00 bits per heavy atom. The average Bonchev–Trinajstić information content (AvgIpc) is 2.70. The fourth-order valence-corrected chi connectivity index (χ4v) is 2.63. The fourth-order valence-electron chi connectivity index (χ4n) is 2.63. The SMILES string of the molecule is CCN(CC(C)(C)O)C(=O)c1cccc2c(C)c(C)[nH]c12. The molecule has 0 aliphatic heterocycles. The lowest BCUT2D eigenvalue weighted by atomic mass is 10.1. The molecule has 1 heterocycles. The predicted octanol–water partition coefficient (Wildman–Crippen LogP) is 3.02. The largest absolute Gasteiger partial charge is 0.389 e. The lowest BCUT2D eigenvalue weighted by Gasteiger charge is -2.28. The van der Waals surface area contributed by atoms with E-state index in [1.54, 1.807) is 18.7 Å². The van der Waals surface area contributed by atoms with Gasteiger partial charge in [-0.25, -0.2) is 0 Å². The molecule has 2 aromatic rings. The van der Waals surface area contributed by atoms with E-state index in [0.717, 1.165) is 16.6 Å². The monoisotopic (exact) mass is 288 g/mol. The third-order valence-corrected chi connectivity index (χ3v) is 3.82. The highest BCUT2D eigenvalue weighted by molar-refractivity contribution is 6.06. The van der Waals surface area contributed by atoms with Crippen LogP contribution >= 0.6 is 0 Å². The van der Waals surface area contributed by atoms with Crippen molar-refractivity contribution >= 4 is 16.8 Å². The number of hydrogen-bond acceptors (Lipinski definition) is 2. The van der Waals surface area contributed by atoms with Crippen LogP contribution in [0.2, 0.25) is 0 Å². The molecule has 0 aliphatic rings. The Kier molecular flexibility index (Phi) is 4.10. The average molecular weight is 288 g/mol. The van der Waals surface area contributed by atoms with E-state index in [2.05, 4.69) is 11.9 Å². The van der Waals surface area contributed by atoms with E-state index in [1.807, 2.05) is 32.0 Å². The zero-order valence-corrected chi connectivity index (χ0v) is 13.4. The Hall–Kier alpha value is -1.81. The molecule has 114 valence electrons. The van der Waals surface area contributed by atoms with Crippen molar-refractivity contribution in [3.05, 3.63) is 35.0 Å². The number of amides is 1. The van der Waals surface area contributed by atoms with Crippen LogP contribution in [0.15, 0.2) is 18.2 Å². The summed E-state index contributed by atoms with van der Waals surface area (Å²) < 4.78 is 0. The first-order valence-electron chi connectivity index (χ1n) is 7.34. The van der Waals surface area contributed by atoms with Crippen molar-refractivity contribution < 1.29 is 9.90 Å². The molecule has 2 N–H and O–H groups in total. The van der Waals surface area contributed by atoms with Gasteiger partial charge in [0.05, 0.1) is 16.7 Å². The van der Waals surface area contributed by atoms with E-state index in [4.69, 9.17) is 0 Å². The van der Waals surface area contributed by atoms with Gasteiger partial charge in [-0.1, -0.05) is 12.1 Å². The molecule has 1 aromatic heterocycles. The summed E-state index contributed by atoms with van der Waals surface area (Å²) in [4.78, 5) is 17.8. The molecule has 0 bridgehead atoms. The van der Waals surface area contributed by atoms with Crippen LogP contribution in [0.4, 0.5) is 0 Å². The Bertz CT molecular complexity index is 665. The standard InChI is InChI=1S/C17H24N2O2/c1-6-19(10-17(4,5)21)16(20)14-9-7-8-13-11(2)12(3)18-15(13)14/h7-9,18,21H,6,10H2,1-5H3. The van der Waals surface area contributed by atoms with Crippen LogP contribution in [0.3, 0.4) is 0 Å². The molecule has 4 nitrogen and oxygen atoms in total. The van der Waals surface area contributed by atoms with Crippen molar-refractivity contribution in [2.45, 2.75) is 40.2 Å². The van der Waals surface area contributed by atoms with Gasteiger partial charge in [0.15, 0.2) is 0 Å². The maximum Gasteiger partial charge on any atom is 0.256 e. The third-order valence-electron chi connectivity index (χ3n) is 3.82. The zero-order valence-electron chi connectivity index (χ0n) is 13.4. The molecular weight excluding hydrogens is 264 g/mol. The molecule has 2 rings (SSSR count). The minimum absolute atomic E-state index is 0.0496. The van der Waals surface area contributed by atoms with Crippen molar-refractivity contribution in [1.82, 2.24) is 9.88 Å². The molecule has 1 aromatic carbocycles. The Labute approximate surface area is 125 Å². The molecular formula is C17H24N2O2. The molecule has 0 saturated heterocycles. The molecule has 0 aliphatic carbocycles. The maximum atomic E-state index is 12.8. The van der Waals surface area contributed by atoms with Crippen molar-refractivity contribution in [3.63, 3.8) is 0 Å². The zero-order chi connectivity index (χ0) is 15.8. The number of fused-ring (bicyclic) bond motifs is 1. The molecule has 4 heteroatoms. The fraction of sp³-hybridized carbons (Fsp3) is 0.471. The Balaban J connectivity index is 2.45. The molecule has 0 spiro atoms. The van der Waals surface area contributed by atoms with Crippen LogP contribution in [0, 0.1) is 13.8 Å². The predicted molar refractivity (Wildman–Crippen MR) is 85.6 cm³/mol. The second-order valence-electron chi connectivity index (χ2n) is 6.23. The first-order valence-corrected chi connectivity index (χ1v) is 7.34. The Morgan fingerprint density at radius 3 is 2.57 bits per heavy atom. The molecule has 0 radical (unpaired) electrons. The summed E-state index contributed by atoms with van der Waals surface area (Å²) >= 11 is 0. The molecule has 0 fully saturated rings. The quantitative estimate of drug-likeness (QED) is 0.908. The number of carbonyl (C=O) groups excluding carboxylic acids is 1. The van der Waals surface area contributed by atoms with Crippen molar-refractivity contribution in [2.24, 2.45) is 0 Å². The number of rotatable bonds is 4. The minimum Gasteiger partial charge on any atom is -0.389 e. The third kappa shape index (κ3) is 3.10. The maximum absolute atomic E-state index is 12.8. The highest BCUT2D eigenvalue weighted by Crippen LogP contribution is 2.25. The van der Waals surface area contributed by atoms with Gasteiger partial charge in [-0.05, 0) is 46.2 Å². The van der Waals surface area contributed by atoms with E-state index in [1.165, 1.54) is 5.56 Å². The van der Waals surface area contributed by atoms with Crippen molar-refractivity contribution in [2.75, 3.05) is 13.1 Å². The number of carbonyl (C=O) groups is 1. The second-order valence-corrected chi connectivity index (χ2v) is 6.23. The lowest BCUT2D eigenvalue weighted by molar-refractivity contribution is 0.0315. The number of aryl methyl sites for hydroxylation is 2. The van der Waals surface area contributed by atoms with Gasteiger partial charge in [-0.15, -0.1) is 0 Å². The van der Waals surface area contributed by atoms with E-state index >= 15 is 0 Å². The number of benzene rings is 1. The van der Waals surface area contributed by atoms with Crippen LogP contribution in [0.1, 0.15) is 42.4 Å². The van der Waals surface area contributed by atoms with Crippen molar-refractivity contribution in [3.8, 4) is 0 Å². The van der Waals surface area contributed by atoms with E-state index < -0.39 is 5.60 Å². The van der Waals surface area contributed by atoms with Crippen LogP contribution in [0.5, 0.6) is 0 Å². The van der Waals surface area contributed by atoms with Gasteiger partial charge < -0.3 is 15.0 Å². The summed E-state index contributed by atoms with van der Waals surface area (Å²) in [6, 6.07) is 5.78. The van der Waals surface area contributed by atoms with Gasteiger partial charge in [-0.3, -0.25) is 4.79 Å². The number of likely N-dealkylation sites (N-methyl/N-ethyl adjacent to an activating group) is 1. The molecule has 0 atom stereocenters. The highest BCUT2D eigenvalue weighted by Gasteiger charge is 2.24. The number of para-hydroxylation sites is 1. The van der Waals surface area contributed by atoms with Gasteiger partial charge in [0.1, 0.15) is 0 Å². The van der Waals surface area contributed by atoms with Crippen LogP contribution in [-0.2, 0) is 0 Å². The minimum atomic E-state index is -0.902. The first-order chi connectivity index (χ1) is 9.74. The lowest BCUT2D eigenvalue weighted by Crippen LogP contribution is -2.42. The molecule has 1 amide bonds. The highest BCUT2D eigenvalue weighted by atomic mass is 16.3. The number of aliphatic hydroxyl groups is 1. The van der Waals surface area contributed by atoms with Gasteiger partial charge in [-0.2, -0.15) is 0 Å². The van der Waals surface area contributed by atoms with E-state index in [9.17, 15) is 9.90 Å². The smallest absolute Gasteiger partial charge is 0.256 e. The van der Waals surface area contributed by atoms with E-state index in [0.29, 0.717) is 18.7 Å². The second kappa shape index (κ2) is 5.53. The van der Waals surface area contributed by atoms with Gasteiger partial charge >= 0.3 is 0 Å². The summed E-state index contributed by atoms with van der Waals surface area (Å²) in [5.74, 6) is -0.0496. The number of aromatic nitrogens is 1. The number of hydrogen-bond donors (Lipinski definition) is 2. The van der Waals surface area contributed by atoms with Gasteiger partial charge in [0.25, 0.3) is 5.91 Å². The summed E-state index contributed by atoms with van der Waals surface area (Å²) in [6.07, 6.45) is 0. The van der Waals surface area contributed by atoms with Crippen molar-refractivity contribution in [1.29, 1.82) is 0 Å². The summed E-state index contributed by atoms with van der Waals surface area (Å²) in [6.45, 7) is 10.3. The summed E-state index contributed by atoms with van der Waals surface area (Å²) in [5.41, 5.74) is 2.89. The van der Waals surface area contributed by atoms with Crippen LogP contribution < -0.4 is 0 Å². The van der Waals surface area contributed by atoms with E-state index in [-0.39, 0.29) is 5.91 Å². The van der Waals surface area contributed by atoms with Gasteiger partial charge in [0.2, 0.25) is 0 Å². The number of nitrogens with one attached hydrogen (secondary N) is 1. The number of nitrogens with zero attached hydrogens (tertiary/aromatic N) is 1. The summed E-state index contributed by atoms with van der Waals surface area (Å²) in [5, 5.41) is 11.1.